The second-order valence-corrected chi connectivity index (χ2v) is 4.06. The predicted molar refractivity (Wildman–Crippen MR) is 56.9 cm³/mol. The number of ether oxygens (including phenoxy) is 1. The molecule has 0 spiro atoms. The summed E-state index contributed by atoms with van der Waals surface area (Å²) in [4.78, 5) is 0. The van der Waals surface area contributed by atoms with Crippen LogP contribution >= 0.6 is 0 Å². The molecule has 0 radical (unpaired) electrons. The summed E-state index contributed by atoms with van der Waals surface area (Å²) in [5.41, 5.74) is 1.51. The zero-order chi connectivity index (χ0) is 9.52. The quantitative estimate of drug-likeness (QED) is 0.465. The van der Waals surface area contributed by atoms with Gasteiger partial charge in [-0.3, -0.25) is 0 Å². The molecule has 0 fully saturated rings. The standard InChI is InChI=1S/C12H22O/c1-3-4-5-6-7-12-10-11(2)8-9-13-12/h8,12H,3-7,9-10H2,1-2H3. The van der Waals surface area contributed by atoms with Crippen LogP contribution in [-0.4, -0.2) is 12.7 Å². The van der Waals surface area contributed by atoms with Crippen molar-refractivity contribution in [2.24, 2.45) is 0 Å². The first kappa shape index (κ1) is 10.8. The van der Waals surface area contributed by atoms with Gasteiger partial charge in [-0.15, -0.1) is 0 Å². The van der Waals surface area contributed by atoms with Crippen LogP contribution in [0.15, 0.2) is 11.6 Å². The summed E-state index contributed by atoms with van der Waals surface area (Å²) in [6.07, 6.45) is 10.5. The van der Waals surface area contributed by atoms with Gasteiger partial charge in [0.25, 0.3) is 0 Å². The van der Waals surface area contributed by atoms with Gasteiger partial charge in [-0.1, -0.05) is 44.3 Å². The predicted octanol–water partition coefficient (Wildman–Crippen LogP) is 3.69. The van der Waals surface area contributed by atoms with Crippen molar-refractivity contribution in [1.82, 2.24) is 0 Å². The van der Waals surface area contributed by atoms with E-state index in [1.165, 1.54) is 37.7 Å². The molecule has 13 heavy (non-hydrogen) atoms. The Balaban J connectivity index is 2.05. The molecule has 1 heterocycles. The summed E-state index contributed by atoms with van der Waals surface area (Å²) in [5, 5.41) is 0. The molecule has 0 aliphatic carbocycles. The Morgan fingerprint density at radius 2 is 2.23 bits per heavy atom. The summed E-state index contributed by atoms with van der Waals surface area (Å²) >= 11 is 0. The highest BCUT2D eigenvalue weighted by atomic mass is 16.5. The average Bonchev–Trinajstić information content (AvgIpc) is 2.13. The van der Waals surface area contributed by atoms with Crippen LogP contribution in [0.5, 0.6) is 0 Å². The molecule has 1 aliphatic heterocycles. The first-order valence-electron chi connectivity index (χ1n) is 5.60. The lowest BCUT2D eigenvalue weighted by molar-refractivity contribution is 0.0563. The van der Waals surface area contributed by atoms with Gasteiger partial charge in [-0.2, -0.15) is 0 Å². The van der Waals surface area contributed by atoms with E-state index in [2.05, 4.69) is 19.9 Å². The van der Waals surface area contributed by atoms with Crippen molar-refractivity contribution in [2.75, 3.05) is 6.61 Å². The van der Waals surface area contributed by atoms with Crippen LogP contribution in [-0.2, 0) is 4.74 Å². The number of rotatable bonds is 5. The van der Waals surface area contributed by atoms with E-state index in [4.69, 9.17) is 4.74 Å². The highest BCUT2D eigenvalue weighted by Crippen LogP contribution is 2.19. The van der Waals surface area contributed by atoms with E-state index < -0.39 is 0 Å². The van der Waals surface area contributed by atoms with Crippen LogP contribution in [0.25, 0.3) is 0 Å². The maximum Gasteiger partial charge on any atom is 0.0653 e. The molecule has 0 aromatic carbocycles. The maximum absolute atomic E-state index is 5.65. The van der Waals surface area contributed by atoms with Crippen molar-refractivity contribution in [1.29, 1.82) is 0 Å². The second-order valence-electron chi connectivity index (χ2n) is 4.06. The lowest BCUT2D eigenvalue weighted by atomic mass is 10.0. The van der Waals surface area contributed by atoms with Gasteiger partial charge in [-0.05, 0) is 19.8 Å². The van der Waals surface area contributed by atoms with Crippen LogP contribution in [0.1, 0.15) is 52.4 Å². The van der Waals surface area contributed by atoms with Crippen molar-refractivity contribution in [3.05, 3.63) is 11.6 Å². The molecular weight excluding hydrogens is 160 g/mol. The fraction of sp³-hybridized carbons (Fsp3) is 0.833. The van der Waals surface area contributed by atoms with E-state index in [1.807, 2.05) is 0 Å². The molecular formula is C12H22O. The summed E-state index contributed by atoms with van der Waals surface area (Å²) in [6, 6.07) is 0. The van der Waals surface area contributed by atoms with E-state index in [1.54, 1.807) is 0 Å². The maximum atomic E-state index is 5.65. The second kappa shape index (κ2) is 6.20. The molecule has 1 unspecified atom stereocenters. The number of hydrogen-bond donors (Lipinski definition) is 0. The molecule has 0 amide bonds. The molecule has 76 valence electrons. The van der Waals surface area contributed by atoms with E-state index >= 15 is 0 Å². The molecule has 0 saturated carbocycles. The summed E-state index contributed by atoms with van der Waals surface area (Å²) in [7, 11) is 0. The highest BCUT2D eigenvalue weighted by molar-refractivity contribution is 5.02. The molecule has 0 aromatic heterocycles. The summed E-state index contributed by atoms with van der Waals surface area (Å²) in [5.74, 6) is 0. The van der Waals surface area contributed by atoms with Gasteiger partial charge < -0.3 is 4.74 Å². The monoisotopic (exact) mass is 182 g/mol. The Labute approximate surface area is 82.2 Å². The largest absolute Gasteiger partial charge is 0.374 e. The van der Waals surface area contributed by atoms with Gasteiger partial charge in [0.2, 0.25) is 0 Å². The smallest absolute Gasteiger partial charge is 0.0653 e. The third kappa shape index (κ3) is 4.47. The van der Waals surface area contributed by atoms with Crippen LogP contribution in [0.2, 0.25) is 0 Å². The number of hydrogen-bond acceptors (Lipinski definition) is 1. The van der Waals surface area contributed by atoms with E-state index in [-0.39, 0.29) is 0 Å². The van der Waals surface area contributed by atoms with Crippen LogP contribution in [0.4, 0.5) is 0 Å². The Morgan fingerprint density at radius 1 is 1.38 bits per heavy atom. The first-order valence-corrected chi connectivity index (χ1v) is 5.60. The van der Waals surface area contributed by atoms with Crippen LogP contribution < -0.4 is 0 Å². The molecule has 0 saturated heterocycles. The molecule has 0 bridgehead atoms. The highest BCUT2D eigenvalue weighted by Gasteiger charge is 2.12. The van der Waals surface area contributed by atoms with Crippen LogP contribution in [0, 0.1) is 0 Å². The van der Waals surface area contributed by atoms with Gasteiger partial charge >= 0.3 is 0 Å². The van der Waals surface area contributed by atoms with Crippen molar-refractivity contribution in [3.63, 3.8) is 0 Å². The lowest BCUT2D eigenvalue weighted by Gasteiger charge is -2.21. The summed E-state index contributed by atoms with van der Waals surface area (Å²) < 4.78 is 5.65. The number of unbranched alkanes of at least 4 members (excludes halogenated alkanes) is 3. The molecule has 1 atom stereocenters. The van der Waals surface area contributed by atoms with Crippen molar-refractivity contribution in [3.8, 4) is 0 Å². The molecule has 1 aliphatic rings. The molecule has 0 N–H and O–H groups in total. The van der Waals surface area contributed by atoms with Gasteiger partial charge in [0.1, 0.15) is 0 Å². The Hall–Kier alpha value is -0.300. The fourth-order valence-electron chi connectivity index (χ4n) is 1.81. The van der Waals surface area contributed by atoms with E-state index in [0.717, 1.165) is 13.0 Å². The first-order chi connectivity index (χ1) is 6.33. The fourth-order valence-corrected chi connectivity index (χ4v) is 1.81. The van der Waals surface area contributed by atoms with Gasteiger partial charge in [0, 0.05) is 0 Å². The third-order valence-electron chi connectivity index (χ3n) is 2.69. The van der Waals surface area contributed by atoms with Gasteiger partial charge in [-0.25, -0.2) is 0 Å². The average molecular weight is 182 g/mol. The Morgan fingerprint density at radius 3 is 2.92 bits per heavy atom. The topological polar surface area (TPSA) is 9.23 Å². The van der Waals surface area contributed by atoms with Crippen molar-refractivity contribution < 1.29 is 4.74 Å². The minimum Gasteiger partial charge on any atom is -0.374 e. The molecule has 1 rings (SSSR count). The Kier molecular flexibility index (Phi) is 5.14. The molecule has 0 aromatic rings. The third-order valence-corrected chi connectivity index (χ3v) is 2.69. The molecule has 1 nitrogen and oxygen atoms in total. The Bertz CT molecular complexity index is 161. The minimum absolute atomic E-state index is 0.516. The molecule has 1 heteroatoms. The van der Waals surface area contributed by atoms with Crippen LogP contribution in [0.3, 0.4) is 0 Å². The zero-order valence-electron chi connectivity index (χ0n) is 9.01. The summed E-state index contributed by atoms with van der Waals surface area (Å²) in [6.45, 7) is 5.30. The van der Waals surface area contributed by atoms with Crippen molar-refractivity contribution >= 4 is 0 Å². The van der Waals surface area contributed by atoms with Crippen molar-refractivity contribution in [2.45, 2.75) is 58.5 Å². The SMILES string of the molecule is CCCCCCC1CC(C)=CCO1. The lowest BCUT2D eigenvalue weighted by Crippen LogP contribution is -2.17. The van der Waals surface area contributed by atoms with Gasteiger partial charge in [0.15, 0.2) is 0 Å². The van der Waals surface area contributed by atoms with Gasteiger partial charge in [0.05, 0.1) is 12.7 Å². The zero-order valence-corrected chi connectivity index (χ0v) is 9.01. The normalized spacial score (nSPS) is 22.9. The van der Waals surface area contributed by atoms with E-state index in [9.17, 15) is 0 Å². The minimum atomic E-state index is 0.516. The van der Waals surface area contributed by atoms with E-state index in [0.29, 0.717) is 6.10 Å².